The first-order valence-electron chi connectivity index (χ1n) is 6.14. The van der Waals surface area contributed by atoms with Gasteiger partial charge < -0.3 is 10.1 Å². The zero-order valence-electron chi connectivity index (χ0n) is 10.7. The number of halogens is 2. The van der Waals surface area contributed by atoms with E-state index >= 15 is 0 Å². The van der Waals surface area contributed by atoms with E-state index in [1.807, 2.05) is 12.1 Å². The fourth-order valence-corrected chi connectivity index (χ4v) is 3.69. The van der Waals surface area contributed by atoms with Gasteiger partial charge in [-0.25, -0.2) is 0 Å². The van der Waals surface area contributed by atoms with E-state index in [9.17, 15) is 4.21 Å². The van der Waals surface area contributed by atoms with E-state index in [4.69, 9.17) is 27.9 Å². The van der Waals surface area contributed by atoms with Crippen LogP contribution in [0.1, 0.15) is 12.0 Å². The van der Waals surface area contributed by atoms with Crippen LogP contribution in [0.15, 0.2) is 18.2 Å². The van der Waals surface area contributed by atoms with Crippen molar-refractivity contribution in [1.82, 2.24) is 5.32 Å². The quantitative estimate of drug-likeness (QED) is 0.929. The van der Waals surface area contributed by atoms with Crippen LogP contribution in [0.4, 0.5) is 0 Å². The summed E-state index contributed by atoms with van der Waals surface area (Å²) >= 11 is 12.1. The molecule has 19 heavy (non-hydrogen) atoms. The summed E-state index contributed by atoms with van der Waals surface area (Å²) in [5.41, 5.74) is 0.401. The minimum Gasteiger partial charge on any atom is -0.368 e. The van der Waals surface area contributed by atoms with Crippen LogP contribution >= 0.6 is 23.2 Å². The Morgan fingerprint density at radius 3 is 2.84 bits per heavy atom. The molecule has 0 aliphatic carbocycles. The molecule has 2 unspecified atom stereocenters. The van der Waals surface area contributed by atoms with Crippen LogP contribution in [-0.2, 0) is 21.1 Å². The third-order valence-electron chi connectivity index (χ3n) is 3.24. The monoisotopic (exact) mass is 321 g/mol. The Labute approximate surface area is 126 Å². The van der Waals surface area contributed by atoms with Gasteiger partial charge in [0, 0.05) is 23.6 Å². The average Bonchev–Trinajstić information content (AvgIpc) is 2.58. The van der Waals surface area contributed by atoms with E-state index in [0.717, 1.165) is 25.1 Å². The van der Waals surface area contributed by atoms with Crippen LogP contribution in [0.25, 0.3) is 0 Å². The van der Waals surface area contributed by atoms with Crippen LogP contribution in [0.2, 0.25) is 10.0 Å². The fraction of sp³-hybridized carbons (Fsp3) is 0.538. The molecule has 106 valence electrons. The van der Waals surface area contributed by atoms with Gasteiger partial charge in [0.2, 0.25) is 0 Å². The minimum atomic E-state index is -0.951. The zero-order valence-corrected chi connectivity index (χ0v) is 13.1. The Hall–Kier alpha value is -0.130. The lowest BCUT2D eigenvalue weighted by atomic mass is 9.92. The molecule has 0 amide bonds. The Morgan fingerprint density at radius 1 is 1.37 bits per heavy atom. The zero-order chi connectivity index (χ0) is 13.9. The first kappa shape index (κ1) is 15.3. The highest BCUT2D eigenvalue weighted by atomic mass is 35.5. The molecule has 6 heteroatoms. The lowest BCUT2D eigenvalue weighted by Gasteiger charge is -2.32. The van der Waals surface area contributed by atoms with Crippen LogP contribution in [0.3, 0.4) is 0 Å². The maximum absolute atomic E-state index is 11.7. The summed E-state index contributed by atoms with van der Waals surface area (Å²) in [7, 11) is -0.951. The fourth-order valence-electron chi connectivity index (χ4n) is 2.34. The number of hydrogen-bond acceptors (Lipinski definition) is 3. The van der Waals surface area contributed by atoms with Crippen LogP contribution in [0.5, 0.6) is 0 Å². The number of benzene rings is 1. The first-order chi connectivity index (χ1) is 9.03. The SMILES string of the molecule is CS(=O)CC1(c2ccc(Cl)c(Cl)c2)CCNCCO1. The van der Waals surface area contributed by atoms with E-state index in [0.29, 0.717) is 22.4 Å². The molecule has 1 heterocycles. The molecule has 0 radical (unpaired) electrons. The van der Waals surface area contributed by atoms with E-state index < -0.39 is 16.4 Å². The van der Waals surface area contributed by atoms with Crippen molar-refractivity contribution in [2.45, 2.75) is 12.0 Å². The first-order valence-corrected chi connectivity index (χ1v) is 8.62. The molecular formula is C13H17Cl2NO2S. The van der Waals surface area contributed by atoms with Crippen LogP contribution < -0.4 is 5.32 Å². The summed E-state index contributed by atoms with van der Waals surface area (Å²) in [5, 5.41) is 4.31. The Balaban J connectivity index is 2.39. The van der Waals surface area contributed by atoms with E-state index in [1.54, 1.807) is 12.3 Å². The lowest BCUT2D eigenvalue weighted by molar-refractivity contribution is -0.0241. The molecule has 1 aliphatic rings. The Morgan fingerprint density at radius 2 is 2.16 bits per heavy atom. The maximum atomic E-state index is 11.7. The second-order valence-electron chi connectivity index (χ2n) is 4.69. The summed E-state index contributed by atoms with van der Waals surface area (Å²) < 4.78 is 17.7. The predicted molar refractivity (Wildman–Crippen MR) is 80.5 cm³/mol. The normalized spacial score (nSPS) is 25.8. The molecule has 0 saturated carbocycles. The third kappa shape index (κ3) is 3.70. The van der Waals surface area contributed by atoms with Gasteiger partial charge in [-0.3, -0.25) is 4.21 Å². The van der Waals surface area contributed by atoms with Gasteiger partial charge in [0.15, 0.2) is 0 Å². The molecule has 2 atom stereocenters. The van der Waals surface area contributed by atoms with Crippen molar-refractivity contribution in [1.29, 1.82) is 0 Å². The Bertz CT molecular complexity index is 474. The van der Waals surface area contributed by atoms with Gasteiger partial charge in [0.05, 0.1) is 22.4 Å². The molecule has 2 rings (SSSR count). The smallest absolute Gasteiger partial charge is 0.106 e. The molecular weight excluding hydrogens is 305 g/mol. The summed E-state index contributed by atoms with van der Waals surface area (Å²) in [4.78, 5) is 0. The highest BCUT2D eigenvalue weighted by Crippen LogP contribution is 2.35. The van der Waals surface area contributed by atoms with Gasteiger partial charge in [-0.2, -0.15) is 0 Å². The topological polar surface area (TPSA) is 38.3 Å². The molecule has 0 aromatic heterocycles. The van der Waals surface area contributed by atoms with Crippen molar-refractivity contribution in [2.75, 3.05) is 31.7 Å². The van der Waals surface area contributed by atoms with Gasteiger partial charge >= 0.3 is 0 Å². The largest absolute Gasteiger partial charge is 0.368 e. The average molecular weight is 322 g/mol. The van der Waals surface area contributed by atoms with Gasteiger partial charge in [0.1, 0.15) is 5.60 Å². The van der Waals surface area contributed by atoms with Crippen molar-refractivity contribution in [2.24, 2.45) is 0 Å². The van der Waals surface area contributed by atoms with Gasteiger partial charge in [-0.1, -0.05) is 29.3 Å². The van der Waals surface area contributed by atoms with Crippen molar-refractivity contribution in [3.8, 4) is 0 Å². The number of nitrogens with one attached hydrogen (secondary N) is 1. The van der Waals surface area contributed by atoms with Crippen molar-refractivity contribution >= 4 is 34.0 Å². The molecule has 0 spiro atoms. The predicted octanol–water partition coefficient (Wildman–Crippen LogP) is 2.58. The van der Waals surface area contributed by atoms with Gasteiger partial charge in [0.25, 0.3) is 0 Å². The second kappa shape index (κ2) is 6.55. The summed E-state index contributed by atoms with van der Waals surface area (Å²) in [6.07, 6.45) is 2.46. The molecule has 1 saturated heterocycles. The number of rotatable bonds is 3. The standard InChI is InChI=1S/C13H17Cl2NO2S/c1-19(17)9-13(4-5-16-6-7-18-13)10-2-3-11(14)12(15)8-10/h2-3,8,16H,4-7,9H2,1H3. The van der Waals surface area contributed by atoms with Crippen molar-refractivity contribution < 1.29 is 8.95 Å². The maximum Gasteiger partial charge on any atom is 0.106 e. The van der Waals surface area contributed by atoms with E-state index in [1.165, 1.54) is 0 Å². The van der Waals surface area contributed by atoms with Crippen LogP contribution in [0, 0.1) is 0 Å². The molecule has 1 N–H and O–H groups in total. The molecule has 3 nitrogen and oxygen atoms in total. The number of ether oxygens (including phenoxy) is 1. The van der Waals surface area contributed by atoms with E-state index in [-0.39, 0.29) is 0 Å². The molecule has 1 aliphatic heterocycles. The number of hydrogen-bond donors (Lipinski definition) is 1. The lowest BCUT2D eigenvalue weighted by Crippen LogP contribution is -2.36. The summed E-state index contributed by atoms with van der Waals surface area (Å²) in [6, 6.07) is 5.50. The Kier molecular flexibility index (Phi) is 5.26. The highest BCUT2D eigenvalue weighted by Gasteiger charge is 2.35. The van der Waals surface area contributed by atoms with Crippen molar-refractivity contribution in [3.63, 3.8) is 0 Å². The summed E-state index contributed by atoms with van der Waals surface area (Å²) in [5.74, 6) is 0.465. The summed E-state index contributed by atoms with van der Waals surface area (Å²) in [6.45, 7) is 2.23. The highest BCUT2D eigenvalue weighted by molar-refractivity contribution is 7.84. The molecule has 1 aromatic carbocycles. The second-order valence-corrected chi connectivity index (χ2v) is 6.94. The molecule has 1 fully saturated rings. The third-order valence-corrected chi connectivity index (χ3v) is 4.86. The van der Waals surface area contributed by atoms with E-state index in [2.05, 4.69) is 5.32 Å². The van der Waals surface area contributed by atoms with Crippen LogP contribution in [-0.4, -0.2) is 35.9 Å². The van der Waals surface area contributed by atoms with Gasteiger partial charge in [-0.05, 0) is 30.7 Å². The molecule has 0 bridgehead atoms. The van der Waals surface area contributed by atoms with Crippen molar-refractivity contribution in [3.05, 3.63) is 33.8 Å². The minimum absolute atomic E-state index is 0.465. The van der Waals surface area contributed by atoms with Gasteiger partial charge in [-0.15, -0.1) is 0 Å². The molecule has 1 aromatic rings.